The first kappa shape index (κ1) is 14.8. The Morgan fingerprint density at radius 2 is 1.74 bits per heavy atom. The molecule has 3 nitrogen and oxygen atoms in total. The molecule has 1 aliphatic heterocycles. The van der Waals surface area contributed by atoms with Crippen molar-refractivity contribution in [1.29, 1.82) is 5.26 Å². The molecule has 0 radical (unpaired) electrons. The molecular formula is C16H27NO2. The van der Waals surface area contributed by atoms with Crippen molar-refractivity contribution < 1.29 is 9.84 Å². The number of hydrogen-bond acceptors (Lipinski definition) is 3. The monoisotopic (exact) mass is 265 g/mol. The van der Waals surface area contributed by atoms with E-state index in [0.29, 0.717) is 12.8 Å². The van der Waals surface area contributed by atoms with E-state index in [-0.39, 0.29) is 12.2 Å². The van der Waals surface area contributed by atoms with Gasteiger partial charge in [0.05, 0.1) is 29.3 Å². The van der Waals surface area contributed by atoms with Crippen molar-refractivity contribution >= 4 is 0 Å². The van der Waals surface area contributed by atoms with Crippen LogP contribution in [0.25, 0.3) is 0 Å². The van der Waals surface area contributed by atoms with E-state index < -0.39 is 11.0 Å². The van der Waals surface area contributed by atoms with E-state index in [1.807, 2.05) is 13.8 Å². The maximum absolute atomic E-state index is 11.1. The molecule has 0 bridgehead atoms. The van der Waals surface area contributed by atoms with Gasteiger partial charge in [-0.2, -0.15) is 5.26 Å². The second-order valence-electron chi connectivity index (χ2n) is 6.74. The highest BCUT2D eigenvalue weighted by molar-refractivity contribution is 5.14. The molecule has 0 aromatic carbocycles. The van der Waals surface area contributed by atoms with E-state index in [2.05, 4.69) is 13.0 Å². The first-order chi connectivity index (χ1) is 8.94. The fourth-order valence-electron chi connectivity index (χ4n) is 4.18. The Labute approximate surface area is 117 Å². The minimum atomic E-state index is -0.864. The Balaban J connectivity index is 2.19. The third-order valence-electron chi connectivity index (χ3n) is 5.36. The number of rotatable bonds is 2. The molecule has 1 heterocycles. The number of hydrogen-bond donors (Lipinski definition) is 1. The van der Waals surface area contributed by atoms with Crippen LogP contribution in [0.1, 0.15) is 65.7 Å². The third kappa shape index (κ3) is 2.66. The fourth-order valence-corrected chi connectivity index (χ4v) is 4.18. The molecule has 0 aromatic heterocycles. The van der Waals surface area contributed by atoms with Gasteiger partial charge in [0.1, 0.15) is 0 Å². The Morgan fingerprint density at radius 1 is 1.21 bits per heavy atom. The smallest absolute Gasteiger partial charge is 0.0882 e. The van der Waals surface area contributed by atoms with Crippen molar-refractivity contribution in [1.82, 2.24) is 0 Å². The Hall–Kier alpha value is -0.590. The van der Waals surface area contributed by atoms with Gasteiger partial charge in [0, 0.05) is 12.8 Å². The summed E-state index contributed by atoms with van der Waals surface area (Å²) in [6.45, 7) is 6.23. The van der Waals surface area contributed by atoms with E-state index in [1.54, 1.807) is 0 Å². The van der Waals surface area contributed by atoms with Gasteiger partial charge in [-0.25, -0.2) is 0 Å². The molecular weight excluding hydrogens is 238 g/mol. The van der Waals surface area contributed by atoms with Gasteiger partial charge < -0.3 is 9.84 Å². The molecule has 2 unspecified atom stereocenters. The van der Waals surface area contributed by atoms with Crippen molar-refractivity contribution in [3.63, 3.8) is 0 Å². The maximum atomic E-state index is 11.1. The third-order valence-corrected chi connectivity index (χ3v) is 5.36. The molecule has 108 valence electrons. The number of nitrogens with zero attached hydrogens (tertiary/aromatic N) is 1. The Morgan fingerprint density at radius 3 is 2.16 bits per heavy atom. The van der Waals surface area contributed by atoms with E-state index in [9.17, 15) is 10.4 Å². The summed E-state index contributed by atoms with van der Waals surface area (Å²) in [6.07, 6.45) is 6.33. The zero-order valence-electron chi connectivity index (χ0n) is 12.5. The zero-order chi connectivity index (χ0) is 14.1. The average Bonchev–Trinajstić information content (AvgIpc) is 2.37. The van der Waals surface area contributed by atoms with Crippen molar-refractivity contribution in [2.45, 2.75) is 83.5 Å². The van der Waals surface area contributed by atoms with Crippen molar-refractivity contribution in [2.75, 3.05) is 0 Å². The summed E-state index contributed by atoms with van der Waals surface area (Å²) in [7, 11) is 0. The number of nitriles is 1. The van der Waals surface area contributed by atoms with Gasteiger partial charge in [-0.05, 0) is 45.4 Å². The van der Waals surface area contributed by atoms with Crippen LogP contribution in [-0.2, 0) is 4.74 Å². The summed E-state index contributed by atoms with van der Waals surface area (Å²) in [4.78, 5) is 0. The maximum Gasteiger partial charge on any atom is 0.0882 e. The van der Waals surface area contributed by atoms with Crippen molar-refractivity contribution in [3.8, 4) is 6.07 Å². The average molecular weight is 265 g/mol. The molecule has 1 saturated carbocycles. The zero-order valence-corrected chi connectivity index (χ0v) is 12.5. The van der Waals surface area contributed by atoms with Crippen LogP contribution in [0.5, 0.6) is 0 Å². The quantitative estimate of drug-likeness (QED) is 0.832. The molecule has 1 aliphatic carbocycles. The highest BCUT2D eigenvalue weighted by atomic mass is 16.5. The standard InChI is InChI=1S/C16H27NO2/c1-4-14-5-7-15(11-17,8-6-14)16(18)9-12(2)19-13(3)10-16/h12-14,18H,4-10H2,1-3H3. The number of aliphatic hydroxyl groups is 1. The summed E-state index contributed by atoms with van der Waals surface area (Å²) in [5, 5.41) is 20.9. The van der Waals surface area contributed by atoms with Gasteiger partial charge >= 0.3 is 0 Å². The summed E-state index contributed by atoms with van der Waals surface area (Å²) >= 11 is 0. The molecule has 2 aliphatic rings. The van der Waals surface area contributed by atoms with Crippen LogP contribution in [0.15, 0.2) is 0 Å². The molecule has 2 fully saturated rings. The van der Waals surface area contributed by atoms with Crippen LogP contribution in [0.4, 0.5) is 0 Å². The summed E-state index contributed by atoms with van der Waals surface area (Å²) in [5.41, 5.74) is -1.41. The van der Waals surface area contributed by atoms with Crippen molar-refractivity contribution in [2.24, 2.45) is 11.3 Å². The largest absolute Gasteiger partial charge is 0.388 e. The lowest BCUT2D eigenvalue weighted by Crippen LogP contribution is -2.55. The van der Waals surface area contributed by atoms with E-state index in [1.165, 1.54) is 6.42 Å². The Kier molecular flexibility index (Phi) is 4.23. The Bertz CT molecular complexity index is 342. The molecule has 1 saturated heterocycles. The molecule has 0 spiro atoms. The highest BCUT2D eigenvalue weighted by Gasteiger charge is 2.54. The van der Waals surface area contributed by atoms with Crippen LogP contribution in [-0.4, -0.2) is 22.9 Å². The van der Waals surface area contributed by atoms with Crippen LogP contribution >= 0.6 is 0 Å². The van der Waals surface area contributed by atoms with Gasteiger partial charge in [-0.15, -0.1) is 0 Å². The lowest BCUT2D eigenvalue weighted by Gasteiger charge is -2.51. The molecule has 19 heavy (non-hydrogen) atoms. The summed E-state index contributed by atoms with van der Waals surface area (Å²) in [5.74, 6) is 0.736. The van der Waals surface area contributed by atoms with Crippen LogP contribution in [0.2, 0.25) is 0 Å². The molecule has 2 atom stereocenters. The van der Waals surface area contributed by atoms with Gasteiger partial charge in [0.25, 0.3) is 0 Å². The molecule has 2 rings (SSSR count). The molecule has 3 heteroatoms. The molecule has 0 amide bonds. The van der Waals surface area contributed by atoms with Gasteiger partial charge in [-0.1, -0.05) is 13.3 Å². The first-order valence-corrected chi connectivity index (χ1v) is 7.74. The normalized spacial score (nSPS) is 47.6. The van der Waals surface area contributed by atoms with E-state index >= 15 is 0 Å². The highest BCUT2D eigenvalue weighted by Crippen LogP contribution is 2.52. The lowest BCUT2D eigenvalue weighted by atomic mass is 9.58. The van der Waals surface area contributed by atoms with E-state index in [0.717, 1.165) is 31.6 Å². The molecule has 1 N–H and O–H groups in total. The summed E-state index contributed by atoms with van der Waals surface area (Å²) < 4.78 is 5.73. The van der Waals surface area contributed by atoms with E-state index in [4.69, 9.17) is 4.74 Å². The predicted molar refractivity (Wildman–Crippen MR) is 74.5 cm³/mol. The predicted octanol–water partition coefficient (Wildman–Crippen LogP) is 3.42. The second kappa shape index (κ2) is 5.42. The SMILES string of the molecule is CCC1CCC(C#N)(C2(O)CC(C)OC(C)C2)CC1. The minimum Gasteiger partial charge on any atom is -0.388 e. The van der Waals surface area contributed by atoms with Crippen LogP contribution in [0, 0.1) is 22.7 Å². The topological polar surface area (TPSA) is 53.2 Å². The second-order valence-corrected chi connectivity index (χ2v) is 6.74. The molecule has 0 aromatic rings. The lowest BCUT2D eigenvalue weighted by molar-refractivity contribution is -0.181. The fraction of sp³-hybridized carbons (Fsp3) is 0.938. The summed E-state index contributed by atoms with van der Waals surface area (Å²) in [6, 6.07) is 2.51. The first-order valence-electron chi connectivity index (χ1n) is 7.74. The van der Waals surface area contributed by atoms with Gasteiger partial charge in [0.2, 0.25) is 0 Å². The van der Waals surface area contributed by atoms with Crippen LogP contribution < -0.4 is 0 Å². The van der Waals surface area contributed by atoms with Gasteiger partial charge in [-0.3, -0.25) is 0 Å². The van der Waals surface area contributed by atoms with Crippen molar-refractivity contribution in [3.05, 3.63) is 0 Å². The van der Waals surface area contributed by atoms with Gasteiger partial charge in [0.15, 0.2) is 0 Å². The van der Waals surface area contributed by atoms with Crippen LogP contribution in [0.3, 0.4) is 0 Å². The number of ether oxygens (including phenoxy) is 1. The minimum absolute atomic E-state index is 0.0443.